The first-order valence-electron chi connectivity index (χ1n) is 4.73. The van der Waals surface area contributed by atoms with Crippen molar-refractivity contribution in [2.75, 3.05) is 20.8 Å². The van der Waals surface area contributed by atoms with Gasteiger partial charge in [-0.15, -0.1) is 0 Å². The number of ether oxygens (including phenoxy) is 3. The number of carbonyl (C=O) groups is 1. The second kappa shape index (κ2) is 5.61. The molecular formula is C11H13ClO4. The Morgan fingerprint density at radius 1 is 1.38 bits per heavy atom. The fourth-order valence-electron chi connectivity index (χ4n) is 1.25. The number of hydrogen-bond donors (Lipinski definition) is 0. The molecule has 1 aromatic rings. The van der Waals surface area contributed by atoms with Gasteiger partial charge in [0, 0.05) is 0 Å². The Morgan fingerprint density at radius 2 is 2.06 bits per heavy atom. The van der Waals surface area contributed by atoms with E-state index in [9.17, 15) is 4.79 Å². The maximum absolute atomic E-state index is 11.5. The molecule has 0 radical (unpaired) electrons. The van der Waals surface area contributed by atoms with Gasteiger partial charge < -0.3 is 14.2 Å². The maximum Gasteiger partial charge on any atom is 0.341 e. The molecule has 0 unspecified atom stereocenters. The van der Waals surface area contributed by atoms with Crippen molar-refractivity contribution in [1.82, 2.24) is 0 Å². The molecule has 0 bridgehead atoms. The highest BCUT2D eigenvalue weighted by Gasteiger charge is 2.19. The fourth-order valence-corrected chi connectivity index (χ4v) is 1.55. The van der Waals surface area contributed by atoms with Crippen molar-refractivity contribution in [3.63, 3.8) is 0 Å². The smallest absolute Gasteiger partial charge is 0.341 e. The molecule has 0 aliphatic carbocycles. The second-order valence-corrected chi connectivity index (χ2v) is 3.26. The molecule has 0 fully saturated rings. The summed E-state index contributed by atoms with van der Waals surface area (Å²) in [4.78, 5) is 11.5. The highest BCUT2D eigenvalue weighted by Crippen LogP contribution is 2.37. The molecule has 0 heterocycles. The standard InChI is InChI=1S/C11H13ClO4/c1-4-16-10-7(11(13)15-3)5-6-8(14-2)9(10)12/h5-6H,4H2,1-3H3. The van der Waals surface area contributed by atoms with Crippen molar-refractivity contribution in [3.05, 3.63) is 22.7 Å². The predicted octanol–water partition coefficient (Wildman–Crippen LogP) is 2.53. The summed E-state index contributed by atoms with van der Waals surface area (Å²) in [5.41, 5.74) is 0.287. The van der Waals surface area contributed by atoms with Gasteiger partial charge in [0.2, 0.25) is 0 Å². The summed E-state index contributed by atoms with van der Waals surface area (Å²) in [5.74, 6) is 0.251. The largest absolute Gasteiger partial charge is 0.495 e. The first-order chi connectivity index (χ1) is 7.65. The van der Waals surface area contributed by atoms with Gasteiger partial charge in [-0.2, -0.15) is 0 Å². The van der Waals surface area contributed by atoms with Crippen LogP contribution in [0.25, 0.3) is 0 Å². The molecule has 0 aromatic heterocycles. The van der Waals surface area contributed by atoms with Crippen LogP contribution in [-0.4, -0.2) is 26.8 Å². The Morgan fingerprint density at radius 3 is 2.56 bits per heavy atom. The van der Waals surface area contributed by atoms with Crippen LogP contribution >= 0.6 is 11.6 Å². The van der Waals surface area contributed by atoms with Gasteiger partial charge in [-0.3, -0.25) is 0 Å². The lowest BCUT2D eigenvalue weighted by molar-refractivity contribution is 0.0596. The summed E-state index contributed by atoms with van der Waals surface area (Å²) in [6, 6.07) is 3.15. The normalized spacial score (nSPS) is 9.75. The zero-order chi connectivity index (χ0) is 12.1. The van der Waals surface area contributed by atoms with E-state index in [1.807, 2.05) is 0 Å². The summed E-state index contributed by atoms with van der Waals surface area (Å²) >= 11 is 6.04. The molecular weight excluding hydrogens is 232 g/mol. The van der Waals surface area contributed by atoms with E-state index in [4.69, 9.17) is 21.1 Å². The van der Waals surface area contributed by atoms with Gasteiger partial charge in [-0.25, -0.2) is 4.79 Å². The minimum absolute atomic E-state index is 0.271. The number of methoxy groups -OCH3 is 2. The van der Waals surface area contributed by atoms with Crippen LogP contribution in [0.15, 0.2) is 12.1 Å². The Bertz CT molecular complexity index is 390. The van der Waals surface area contributed by atoms with Crippen LogP contribution in [0, 0.1) is 0 Å². The van der Waals surface area contributed by atoms with E-state index in [0.29, 0.717) is 12.4 Å². The molecule has 16 heavy (non-hydrogen) atoms. The molecule has 0 spiro atoms. The van der Waals surface area contributed by atoms with E-state index in [2.05, 4.69) is 4.74 Å². The zero-order valence-electron chi connectivity index (χ0n) is 9.37. The number of halogens is 1. The van der Waals surface area contributed by atoms with Gasteiger partial charge in [0.05, 0.1) is 20.8 Å². The van der Waals surface area contributed by atoms with E-state index < -0.39 is 5.97 Å². The maximum atomic E-state index is 11.5. The number of rotatable bonds is 4. The summed E-state index contributed by atoms with van der Waals surface area (Å²) in [6.07, 6.45) is 0. The van der Waals surface area contributed by atoms with Crippen LogP contribution in [0.2, 0.25) is 5.02 Å². The predicted molar refractivity (Wildman–Crippen MR) is 60.5 cm³/mol. The number of esters is 1. The van der Waals surface area contributed by atoms with Crippen LogP contribution in [0.5, 0.6) is 11.5 Å². The molecule has 5 heteroatoms. The van der Waals surface area contributed by atoms with E-state index in [1.54, 1.807) is 19.1 Å². The topological polar surface area (TPSA) is 44.8 Å². The van der Waals surface area contributed by atoms with E-state index in [0.717, 1.165) is 0 Å². The lowest BCUT2D eigenvalue weighted by Gasteiger charge is -2.12. The van der Waals surface area contributed by atoms with Gasteiger partial charge in [0.1, 0.15) is 16.3 Å². The van der Waals surface area contributed by atoms with Gasteiger partial charge in [0.15, 0.2) is 5.75 Å². The molecule has 0 saturated carbocycles. The van der Waals surface area contributed by atoms with E-state index in [-0.39, 0.29) is 16.3 Å². The third kappa shape index (κ3) is 2.39. The fraction of sp³-hybridized carbons (Fsp3) is 0.364. The first-order valence-corrected chi connectivity index (χ1v) is 5.11. The Labute approximate surface area is 99.1 Å². The molecule has 0 aliphatic heterocycles. The first kappa shape index (κ1) is 12.6. The lowest BCUT2D eigenvalue weighted by Crippen LogP contribution is -2.06. The lowest BCUT2D eigenvalue weighted by atomic mass is 10.2. The third-order valence-electron chi connectivity index (χ3n) is 1.98. The number of hydrogen-bond acceptors (Lipinski definition) is 4. The van der Waals surface area contributed by atoms with Crippen LogP contribution < -0.4 is 9.47 Å². The molecule has 0 amide bonds. The SMILES string of the molecule is CCOc1c(C(=O)OC)ccc(OC)c1Cl. The summed E-state index contributed by atoms with van der Waals surface area (Å²) in [7, 11) is 2.80. The molecule has 88 valence electrons. The average Bonchev–Trinajstić information content (AvgIpc) is 2.31. The number of carbonyl (C=O) groups excluding carboxylic acids is 1. The summed E-state index contributed by atoms with van der Waals surface area (Å²) < 4.78 is 15.0. The van der Waals surface area contributed by atoms with Crippen LogP contribution in [-0.2, 0) is 4.74 Å². The van der Waals surface area contributed by atoms with Gasteiger partial charge in [-0.05, 0) is 19.1 Å². The van der Waals surface area contributed by atoms with Crippen LogP contribution in [0.3, 0.4) is 0 Å². The zero-order valence-corrected chi connectivity index (χ0v) is 10.1. The number of benzene rings is 1. The minimum Gasteiger partial charge on any atom is -0.495 e. The van der Waals surface area contributed by atoms with Crippen LogP contribution in [0.1, 0.15) is 17.3 Å². The molecule has 4 nitrogen and oxygen atoms in total. The second-order valence-electron chi connectivity index (χ2n) is 2.88. The third-order valence-corrected chi connectivity index (χ3v) is 2.33. The molecule has 0 aliphatic rings. The molecule has 0 N–H and O–H groups in total. The van der Waals surface area contributed by atoms with Crippen molar-refractivity contribution in [3.8, 4) is 11.5 Å². The van der Waals surface area contributed by atoms with Crippen molar-refractivity contribution >= 4 is 17.6 Å². The highest BCUT2D eigenvalue weighted by molar-refractivity contribution is 6.34. The van der Waals surface area contributed by atoms with E-state index >= 15 is 0 Å². The van der Waals surface area contributed by atoms with Crippen molar-refractivity contribution < 1.29 is 19.0 Å². The van der Waals surface area contributed by atoms with Gasteiger partial charge in [-0.1, -0.05) is 11.6 Å². The molecule has 0 saturated heterocycles. The summed E-state index contributed by atoms with van der Waals surface area (Å²) in [6.45, 7) is 2.20. The minimum atomic E-state index is -0.493. The Kier molecular flexibility index (Phi) is 4.43. The van der Waals surface area contributed by atoms with Crippen molar-refractivity contribution in [1.29, 1.82) is 0 Å². The molecule has 1 rings (SSSR count). The average molecular weight is 245 g/mol. The monoisotopic (exact) mass is 244 g/mol. The van der Waals surface area contributed by atoms with Crippen molar-refractivity contribution in [2.24, 2.45) is 0 Å². The Balaban J connectivity index is 3.28. The quantitative estimate of drug-likeness (QED) is 0.764. The van der Waals surface area contributed by atoms with Gasteiger partial charge in [0.25, 0.3) is 0 Å². The van der Waals surface area contributed by atoms with Crippen molar-refractivity contribution in [2.45, 2.75) is 6.92 Å². The van der Waals surface area contributed by atoms with Gasteiger partial charge >= 0.3 is 5.97 Å². The molecule has 0 atom stereocenters. The van der Waals surface area contributed by atoms with E-state index in [1.165, 1.54) is 14.2 Å². The highest BCUT2D eigenvalue weighted by atomic mass is 35.5. The summed E-state index contributed by atoms with van der Waals surface area (Å²) in [5, 5.41) is 0.271. The molecule has 1 aromatic carbocycles. The Hall–Kier alpha value is -1.42. The van der Waals surface area contributed by atoms with Crippen LogP contribution in [0.4, 0.5) is 0 Å².